The molecule has 2 amide bonds. The lowest BCUT2D eigenvalue weighted by atomic mass is 10.3. The number of rotatable bonds is 2. The topological polar surface area (TPSA) is 170 Å². The lowest BCUT2D eigenvalue weighted by molar-refractivity contribution is 0.0708. The Morgan fingerprint density at radius 1 is 0.783 bits per heavy atom. The van der Waals surface area contributed by atoms with Crippen LogP contribution in [0.25, 0.3) is 0 Å². The highest BCUT2D eigenvalue weighted by Gasteiger charge is 2.28. The minimum atomic E-state index is -0.388. The molecule has 1 aliphatic rings. The zero-order chi connectivity index (χ0) is 16.4. The number of carbonyl (C=O) groups excluding carboxylic acids is 2. The molecule has 0 aromatic carbocycles. The predicted molar refractivity (Wildman–Crippen MR) is 73.8 cm³/mol. The number of nitrogen functional groups attached to an aromatic ring is 2. The van der Waals surface area contributed by atoms with Gasteiger partial charge in [-0.05, 0) is 27.0 Å². The van der Waals surface area contributed by atoms with Gasteiger partial charge in [0.2, 0.25) is 23.0 Å². The number of amides is 2. The van der Waals surface area contributed by atoms with E-state index in [-0.39, 0.29) is 34.8 Å². The minimum absolute atomic E-state index is 0.0327. The van der Waals surface area contributed by atoms with Crippen molar-refractivity contribution in [3.63, 3.8) is 0 Å². The van der Waals surface area contributed by atoms with E-state index in [2.05, 4.69) is 29.9 Å². The molecule has 0 aliphatic carbocycles. The largest absolute Gasteiger partial charge is 0.379 e. The standard InChI is InChI=1S/C11H14N8O4/c12-8-6(14-22-16-8)10(20)18-2-1-3-19(5-4-18)11(21)7-9(13)17-23-15-7/h1-5H2,(H2,12,16)(H2,13,17). The first-order valence-corrected chi connectivity index (χ1v) is 6.82. The Labute approximate surface area is 129 Å². The molecule has 0 unspecified atom stereocenters. The van der Waals surface area contributed by atoms with Gasteiger partial charge in [-0.15, -0.1) is 0 Å². The Kier molecular flexibility index (Phi) is 3.78. The number of carbonyl (C=O) groups is 2. The molecule has 2 aromatic rings. The van der Waals surface area contributed by atoms with Gasteiger partial charge in [-0.2, -0.15) is 0 Å². The maximum absolute atomic E-state index is 12.3. The molecule has 12 heteroatoms. The molecule has 1 fully saturated rings. The first kappa shape index (κ1) is 14.7. The van der Waals surface area contributed by atoms with E-state index >= 15 is 0 Å². The number of nitrogens with two attached hydrogens (primary N) is 2. The summed E-state index contributed by atoms with van der Waals surface area (Å²) in [5, 5.41) is 13.8. The van der Waals surface area contributed by atoms with Gasteiger partial charge in [-0.3, -0.25) is 9.59 Å². The Hall–Kier alpha value is -3.18. The fourth-order valence-electron chi connectivity index (χ4n) is 2.31. The van der Waals surface area contributed by atoms with Gasteiger partial charge in [0.15, 0.2) is 0 Å². The molecular formula is C11H14N8O4. The molecule has 1 aliphatic heterocycles. The lowest BCUT2D eigenvalue weighted by Gasteiger charge is -2.20. The van der Waals surface area contributed by atoms with Crippen LogP contribution in [-0.4, -0.2) is 68.4 Å². The van der Waals surface area contributed by atoms with E-state index in [0.717, 1.165) is 0 Å². The second kappa shape index (κ2) is 5.90. The van der Waals surface area contributed by atoms with Gasteiger partial charge in [-0.1, -0.05) is 0 Å². The third kappa shape index (κ3) is 2.77. The lowest BCUT2D eigenvalue weighted by Crippen LogP contribution is -2.38. The summed E-state index contributed by atoms with van der Waals surface area (Å²) in [5.41, 5.74) is 11.0. The molecule has 3 heterocycles. The summed E-state index contributed by atoms with van der Waals surface area (Å²) in [7, 11) is 0. The minimum Gasteiger partial charge on any atom is -0.379 e. The van der Waals surface area contributed by atoms with Crippen LogP contribution in [0.2, 0.25) is 0 Å². The number of hydrogen-bond donors (Lipinski definition) is 2. The monoisotopic (exact) mass is 322 g/mol. The molecule has 0 spiro atoms. The van der Waals surface area contributed by atoms with Gasteiger partial charge in [0.1, 0.15) is 0 Å². The maximum Gasteiger partial charge on any atom is 0.280 e. The van der Waals surface area contributed by atoms with Crippen molar-refractivity contribution in [2.45, 2.75) is 6.42 Å². The number of nitrogens with zero attached hydrogens (tertiary/aromatic N) is 6. The summed E-state index contributed by atoms with van der Waals surface area (Å²) >= 11 is 0. The molecule has 0 bridgehead atoms. The van der Waals surface area contributed by atoms with Gasteiger partial charge in [0, 0.05) is 26.2 Å². The SMILES string of the molecule is Nc1nonc1C(=O)N1CCCN(C(=O)c2nonc2N)CC1. The number of aromatic nitrogens is 4. The van der Waals surface area contributed by atoms with Crippen LogP contribution in [-0.2, 0) is 0 Å². The molecule has 2 aromatic heterocycles. The predicted octanol–water partition coefficient (Wildman–Crippen LogP) is -1.39. The second-order valence-corrected chi connectivity index (χ2v) is 4.93. The summed E-state index contributed by atoms with van der Waals surface area (Å²) in [4.78, 5) is 27.7. The van der Waals surface area contributed by atoms with Crippen molar-refractivity contribution < 1.29 is 18.8 Å². The van der Waals surface area contributed by atoms with Gasteiger partial charge in [0.05, 0.1) is 0 Å². The van der Waals surface area contributed by atoms with Crippen LogP contribution < -0.4 is 11.5 Å². The quantitative estimate of drug-likeness (QED) is 0.670. The Morgan fingerprint density at radius 2 is 1.22 bits per heavy atom. The van der Waals surface area contributed by atoms with Gasteiger partial charge >= 0.3 is 0 Å². The van der Waals surface area contributed by atoms with Crippen molar-refractivity contribution in [2.24, 2.45) is 0 Å². The molecule has 23 heavy (non-hydrogen) atoms. The molecule has 0 atom stereocenters. The van der Waals surface area contributed by atoms with E-state index in [9.17, 15) is 9.59 Å². The first-order chi connectivity index (χ1) is 11.1. The van der Waals surface area contributed by atoms with E-state index < -0.39 is 0 Å². The Morgan fingerprint density at radius 3 is 1.57 bits per heavy atom. The average molecular weight is 322 g/mol. The van der Waals surface area contributed by atoms with Crippen molar-refractivity contribution >= 4 is 23.5 Å². The third-order valence-electron chi connectivity index (χ3n) is 3.50. The van der Waals surface area contributed by atoms with E-state index in [1.807, 2.05) is 0 Å². The second-order valence-electron chi connectivity index (χ2n) is 4.93. The van der Waals surface area contributed by atoms with Crippen molar-refractivity contribution in [3.8, 4) is 0 Å². The van der Waals surface area contributed by atoms with Crippen molar-refractivity contribution in [1.29, 1.82) is 0 Å². The molecule has 0 saturated carbocycles. The number of anilines is 2. The van der Waals surface area contributed by atoms with E-state index in [4.69, 9.17) is 11.5 Å². The first-order valence-electron chi connectivity index (χ1n) is 6.82. The van der Waals surface area contributed by atoms with Crippen LogP contribution in [0.1, 0.15) is 27.4 Å². The smallest absolute Gasteiger partial charge is 0.280 e. The molecule has 4 N–H and O–H groups in total. The molecule has 3 rings (SSSR count). The van der Waals surface area contributed by atoms with Crippen LogP contribution >= 0.6 is 0 Å². The van der Waals surface area contributed by atoms with E-state index in [0.29, 0.717) is 32.6 Å². The van der Waals surface area contributed by atoms with Crippen LogP contribution in [0.5, 0.6) is 0 Å². The van der Waals surface area contributed by atoms with E-state index in [1.54, 1.807) is 0 Å². The van der Waals surface area contributed by atoms with Crippen LogP contribution in [0.15, 0.2) is 9.26 Å². The van der Waals surface area contributed by atoms with Crippen molar-refractivity contribution in [1.82, 2.24) is 30.4 Å². The zero-order valence-corrected chi connectivity index (χ0v) is 12.0. The maximum atomic E-state index is 12.3. The highest BCUT2D eigenvalue weighted by molar-refractivity contribution is 5.97. The Balaban J connectivity index is 1.68. The molecular weight excluding hydrogens is 308 g/mol. The van der Waals surface area contributed by atoms with Crippen LogP contribution in [0, 0.1) is 0 Å². The fourth-order valence-corrected chi connectivity index (χ4v) is 2.31. The third-order valence-corrected chi connectivity index (χ3v) is 3.50. The summed E-state index contributed by atoms with van der Waals surface area (Å²) in [6.07, 6.45) is 0.577. The average Bonchev–Trinajstić information content (AvgIpc) is 3.07. The summed E-state index contributed by atoms with van der Waals surface area (Å²) in [6, 6.07) is 0. The van der Waals surface area contributed by atoms with Gasteiger partial charge in [0.25, 0.3) is 11.8 Å². The normalized spacial score (nSPS) is 15.5. The van der Waals surface area contributed by atoms with Crippen LogP contribution in [0.4, 0.5) is 11.6 Å². The number of hydrogen-bond acceptors (Lipinski definition) is 10. The van der Waals surface area contributed by atoms with Crippen molar-refractivity contribution in [2.75, 3.05) is 37.6 Å². The van der Waals surface area contributed by atoms with Crippen LogP contribution in [0.3, 0.4) is 0 Å². The van der Waals surface area contributed by atoms with Gasteiger partial charge in [-0.25, -0.2) is 9.26 Å². The fraction of sp³-hybridized carbons (Fsp3) is 0.455. The van der Waals surface area contributed by atoms with Crippen molar-refractivity contribution in [3.05, 3.63) is 11.4 Å². The molecule has 122 valence electrons. The molecule has 12 nitrogen and oxygen atoms in total. The Bertz CT molecular complexity index is 665. The van der Waals surface area contributed by atoms with E-state index in [1.165, 1.54) is 9.80 Å². The highest BCUT2D eigenvalue weighted by atomic mass is 16.6. The summed E-state index contributed by atoms with van der Waals surface area (Å²) < 4.78 is 8.87. The zero-order valence-electron chi connectivity index (χ0n) is 12.0. The molecule has 1 saturated heterocycles. The van der Waals surface area contributed by atoms with Gasteiger partial charge < -0.3 is 21.3 Å². The summed E-state index contributed by atoms with van der Waals surface area (Å²) in [6.45, 7) is 1.51. The molecule has 0 radical (unpaired) electrons. The highest BCUT2D eigenvalue weighted by Crippen LogP contribution is 2.14. The summed E-state index contributed by atoms with van der Waals surface area (Å²) in [5.74, 6) is -0.899.